The summed E-state index contributed by atoms with van der Waals surface area (Å²) in [4.78, 5) is 50.8. The molecule has 31 heavy (non-hydrogen) atoms. The second-order valence-corrected chi connectivity index (χ2v) is 9.79. The number of ether oxygens (including phenoxy) is 1. The van der Waals surface area contributed by atoms with Gasteiger partial charge in [-0.1, -0.05) is 32.9 Å². The molecule has 0 aromatic heterocycles. The minimum Gasteiger partial charge on any atom is -0.454 e. The standard InChI is InChI=1S/C23H31N3O5/c1-14-6-7-16(3)17(8-14)24-18(27)12-31-19(28)11-26-20(29)23(25-21(26)30)10-15(2)9-22(4,5)13-23/h6-8,15H,9-13H2,1-5H3,(H,24,27)(H,25,30)/t15-,23-/m1/s1. The Morgan fingerprint density at radius 2 is 1.94 bits per heavy atom. The van der Waals surface area contributed by atoms with Gasteiger partial charge in [-0.05, 0) is 61.6 Å². The van der Waals surface area contributed by atoms with E-state index in [-0.39, 0.29) is 11.3 Å². The van der Waals surface area contributed by atoms with Crippen molar-refractivity contribution in [1.29, 1.82) is 0 Å². The van der Waals surface area contributed by atoms with Crippen LogP contribution in [0.4, 0.5) is 10.5 Å². The molecule has 1 aromatic carbocycles. The number of urea groups is 1. The van der Waals surface area contributed by atoms with Gasteiger partial charge in [0.2, 0.25) is 0 Å². The number of anilines is 1. The van der Waals surface area contributed by atoms with E-state index in [1.54, 1.807) is 0 Å². The van der Waals surface area contributed by atoms with Crippen LogP contribution in [0.2, 0.25) is 0 Å². The van der Waals surface area contributed by atoms with E-state index in [1.807, 2.05) is 32.0 Å². The molecule has 2 atom stereocenters. The number of rotatable bonds is 5. The first-order chi connectivity index (χ1) is 14.4. The Hall–Kier alpha value is -2.90. The molecule has 0 bridgehead atoms. The lowest BCUT2D eigenvalue weighted by atomic mass is 9.64. The molecule has 1 heterocycles. The van der Waals surface area contributed by atoms with Gasteiger partial charge in [0.1, 0.15) is 12.1 Å². The van der Waals surface area contributed by atoms with E-state index >= 15 is 0 Å². The average molecular weight is 430 g/mol. The third-order valence-corrected chi connectivity index (χ3v) is 5.94. The van der Waals surface area contributed by atoms with Crippen molar-refractivity contribution in [2.45, 2.75) is 59.4 Å². The Balaban J connectivity index is 1.57. The zero-order valence-electron chi connectivity index (χ0n) is 18.8. The molecule has 2 fully saturated rings. The summed E-state index contributed by atoms with van der Waals surface area (Å²) in [5, 5.41) is 5.52. The van der Waals surface area contributed by atoms with Crippen LogP contribution in [-0.2, 0) is 19.1 Å². The molecule has 4 amide bonds. The number of amides is 4. The third-order valence-electron chi connectivity index (χ3n) is 5.94. The monoisotopic (exact) mass is 429 g/mol. The number of imide groups is 1. The van der Waals surface area contributed by atoms with Crippen molar-refractivity contribution in [3.63, 3.8) is 0 Å². The molecule has 2 N–H and O–H groups in total. The van der Waals surface area contributed by atoms with Crippen molar-refractivity contribution in [1.82, 2.24) is 10.2 Å². The highest BCUT2D eigenvalue weighted by Gasteiger charge is 2.56. The zero-order chi connectivity index (χ0) is 23.0. The van der Waals surface area contributed by atoms with E-state index in [0.29, 0.717) is 18.5 Å². The number of hydrogen-bond acceptors (Lipinski definition) is 5. The third kappa shape index (κ3) is 5.06. The van der Waals surface area contributed by atoms with Gasteiger partial charge < -0.3 is 15.4 Å². The van der Waals surface area contributed by atoms with Gasteiger partial charge in [-0.2, -0.15) is 0 Å². The van der Waals surface area contributed by atoms with Crippen LogP contribution >= 0.6 is 0 Å². The van der Waals surface area contributed by atoms with Crippen molar-refractivity contribution in [3.8, 4) is 0 Å². The molecule has 0 unspecified atom stereocenters. The molecule has 3 rings (SSSR count). The molecule has 1 saturated heterocycles. The fourth-order valence-corrected chi connectivity index (χ4v) is 5.03. The largest absolute Gasteiger partial charge is 0.454 e. The molecule has 2 aliphatic rings. The maximum atomic E-state index is 13.1. The summed E-state index contributed by atoms with van der Waals surface area (Å²) < 4.78 is 5.02. The van der Waals surface area contributed by atoms with Gasteiger partial charge in [0, 0.05) is 5.69 Å². The summed E-state index contributed by atoms with van der Waals surface area (Å²) >= 11 is 0. The molecular formula is C23H31N3O5. The van der Waals surface area contributed by atoms with Gasteiger partial charge in [0.15, 0.2) is 6.61 Å². The first kappa shape index (κ1) is 22.8. The molecule has 8 heteroatoms. The Morgan fingerprint density at radius 1 is 1.23 bits per heavy atom. The highest BCUT2D eigenvalue weighted by atomic mass is 16.5. The quantitative estimate of drug-likeness (QED) is 0.553. The summed E-state index contributed by atoms with van der Waals surface area (Å²) in [6.07, 6.45) is 2.04. The SMILES string of the molecule is Cc1ccc(C)c(NC(=O)COC(=O)CN2C(=O)N[C@@]3(C[C@H](C)CC(C)(C)C3)C2=O)c1. The second-order valence-electron chi connectivity index (χ2n) is 9.79. The highest BCUT2D eigenvalue weighted by Crippen LogP contribution is 2.46. The minimum atomic E-state index is -0.974. The van der Waals surface area contributed by atoms with Gasteiger partial charge in [-0.25, -0.2) is 4.79 Å². The lowest BCUT2D eigenvalue weighted by Gasteiger charge is -2.43. The zero-order valence-corrected chi connectivity index (χ0v) is 18.8. The molecular weight excluding hydrogens is 398 g/mol. The van der Waals surface area contributed by atoms with E-state index in [4.69, 9.17) is 4.74 Å². The van der Waals surface area contributed by atoms with E-state index in [0.717, 1.165) is 22.4 Å². The summed E-state index contributed by atoms with van der Waals surface area (Å²) in [5.41, 5.74) is 1.46. The lowest BCUT2D eigenvalue weighted by Crippen LogP contribution is -2.54. The van der Waals surface area contributed by atoms with Crippen LogP contribution in [0.15, 0.2) is 18.2 Å². The fourth-order valence-electron chi connectivity index (χ4n) is 5.03. The average Bonchev–Trinajstić information content (AvgIpc) is 2.84. The van der Waals surface area contributed by atoms with Crippen LogP contribution in [-0.4, -0.2) is 47.4 Å². The molecule has 1 aliphatic heterocycles. The number of carbonyl (C=O) groups is 4. The fraction of sp³-hybridized carbons (Fsp3) is 0.565. The molecule has 1 aromatic rings. The number of aryl methyl sites for hydroxylation is 2. The van der Waals surface area contributed by atoms with Gasteiger partial charge >= 0.3 is 12.0 Å². The van der Waals surface area contributed by atoms with E-state index < -0.39 is 42.5 Å². The minimum absolute atomic E-state index is 0.0941. The van der Waals surface area contributed by atoms with Gasteiger partial charge in [0.25, 0.3) is 11.8 Å². The lowest BCUT2D eigenvalue weighted by molar-refractivity contribution is -0.150. The Labute approximate surface area is 182 Å². The van der Waals surface area contributed by atoms with Crippen molar-refractivity contribution < 1.29 is 23.9 Å². The number of esters is 1. The molecule has 168 valence electrons. The summed E-state index contributed by atoms with van der Waals surface area (Å²) in [5.74, 6) is -1.42. The van der Waals surface area contributed by atoms with Crippen LogP contribution in [0, 0.1) is 25.2 Å². The van der Waals surface area contributed by atoms with E-state index in [2.05, 4.69) is 31.4 Å². The molecule has 1 saturated carbocycles. The number of nitrogens with zero attached hydrogens (tertiary/aromatic N) is 1. The van der Waals surface area contributed by atoms with Crippen molar-refractivity contribution >= 4 is 29.5 Å². The predicted octanol–water partition coefficient (Wildman–Crippen LogP) is 2.92. The first-order valence-corrected chi connectivity index (χ1v) is 10.6. The molecule has 1 aliphatic carbocycles. The van der Waals surface area contributed by atoms with Crippen LogP contribution in [0.3, 0.4) is 0 Å². The van der Waals surface area contributed by atoms with Gasteiger partial charge in [-0.3, -0.25) is 19.3 Å². The van der Waals surface area contributed by atoms with Crippen LogP contribution < -0.4 is 10.6 Å². The summed E-state index contributed by atoms with van der Waals surface area (Å²) in [6.45, 7) is 8.98. The van der Waals surface area contributed by atoms with E-state index in [9.17, 15) is 19.2 Å². The van der Waals surface area contributed by atoms with E-state index in [1.165, 1.54) is 0 Å². The maximum absolute atomic E-state index is 13.1. The Kier molecular flexibility index (Phi) is 6.11. The summed E-state index contributed by atoms with van der Waals surface area (Å²) in [7, 11) is 0. The number of hydrogen-bond donors (Lipinski definition) is 2. The Morgan fingerprint density at radius 3 is 2.61 bits per heavy atom. The number of benzene rings is 1. The smallest absolute Gasteiger partial charge is 0.326 e. The molecule has 1 spiro atoms. The Bertz CT molecular complexity index is 926. The van der Waals surface area contributed by atoms with Crippen LogP contribution in [0.1, 0.15) is 51.2 Å². The highest BCUT2D eigenvalue weighted by molar-refractivity contribution is 6.09. The second kappa shape index (κ2) is 8.32. The summed E-state index contributed by atoms with van der Waals surface area (Å²) in [6, 6.07) is 5.06. The number of nitrogens with one attached hydrogen (secondary N) is 2. The van der Waals surface area contributed by atoms with Gasteiger partial charge in [-0.15, -0.1) is 0 Å². The predicted molar refractivity (Wildman–Crippen MR) is 115 cm³/mol. The van der Waals surface area contributed by atoms with Crippen LogP contribution in [0.25, 0.3) is 0 Å². The molecule has 8 nitrogen and oxygen atoms in total. The molecule has 0 radical (unpaired) electrons. The van der Waals surface area contributed by atoms with Gasteiger partial charge in [0.05, 0.1) is 0 Å². The van der Waals surface area contributed by atoms with Crippen molar-refractivity contribution in [3.05, 3.63) is 29.3 Å². The van der Waals surface area contributed by atoms with Crippen molar-refractivity contribution in [2.75, 3.05) is 18.5 Å². The van der Waals surface area contributed by atoms with Crippen molar-refractivity contribution in [2.24, 2.45) is 11.3 Å². The first-order valence-electron chi connectivity index (χ1n) is 10.6. The normalized spacial score (nSPS) is 24.8. The number of carbonyl (C=O) groups excluding carboxylic acids is 4. The topological polar surface area (TPSA) is 105 Å². The van der Waals surface area contributed by atoms with Crippen LogP contribution in [0.5, 0.6) is 0 Å². The maximum Gasteiger partial charge on any atom is 0.326 e.